The second-order valence-corrected chi connectivity index (χ2v) is 5.38. The van der Waals surface area contributed by atoms with Crippen molar-refractivity contribution >= 4 is 27.7 Å². The van der Waals surface area contributed by atoms with E-state index in [2.05, 4.69) is 54.0 Å². The highest BCUT2D eigenvalue weighted by Crippen LogP contribution is 2.18. The van der Waals surface area contributed by atoms with Gasteiger partial charge in [-0.05, 0) is 29.7 Å². The fourth-order valence-corrected chi connectivity index (χ4v) is 2.90. The van der Waals surface area contributed by atoms with E-state index in [-0.39, 0.29) is 0 Å². The first-order valence-corrected chi connectivity index (χ1v) is 7.20. The molecule has 1 rings (SSSR count). The Bertz CT molecular complexity index is 273. The Balaban J connectivity index is 2.35. The summed E-state index contributed by atoms with van der Waals surface area (Å²) in [5.74, 6) is 3.15. The second-order valence-electron chi connectivity index (χ2n) is 3.70. The SMILES string of the molecule is Cc1ccccc1CSCC(C)CBr. The summed E-state index contributed by atoms with van der Waals surface area (Å²) in [5.41, 5.74) is 2.88. The number of hydrogen-bond donors (Lipinski definition) is 0. The molecule has 1 aromatic carbocycles. The Hall–Kier alpha value is 0.0500. The number of benzene rings is 1. The van der Waals surface area contributed by atoms with E-state index >= 15 is 0 Å². The number of hydrogen-bond acceptors (Lipinski definition) is 1. The summed E-state index contributed by atoms with van der Waals surface area (Å²) in [5, 5.41) is 1.10. The molecule has 0 amide bonds. The summed E-state index contributed by atoms with van der Waals surface area (Å²) in [7, 11) is 0. The van der Waals surface area contributed by atoms with Crippen molar-refractivity contribution in [2.75, 3.05) is 11.1 Å². The van der Waals surface area contributed by atoms with Crippen molar-refractivity contribution in [1.82, 2.24) is 0 Å². The zero-order valence-electron chi connectivity index (χ0n) is 8.79. The van der Waals surface area contributed by atoms with Gasteiger partial charge < -0.3 is 0 Å². The molecule has 1 atom stereocenters. The number of aryl methyl sites for hydroxylation is 1. The summed E-state index contributed by atoms with van der Waals surface area (Å²) in [6.07, 6.45) is 0. The summed E-state index contributed by atoms with van der Waals surface area (Å²) in [6, 6.07) is 8.63. The molecule has 78 valence electrons. The van der Waals surface area contributed by atoms with Crippen LogP contribution in [-0.2, 0) is 5.75 Å². The van der Waals surface area contributed by atoms with Crippen LogP contribution in [-0.4, -0.2) is 11.1 Å². The van der Waals surface area contributed by atoms with E-state index in [0.717, 1.165) is 17.0 Å². The van der Waals surface area contributed by atoms with Crippen LogP contribution in [0, 0.1) is 12.8 Å². The first kappa shape index (κ1) is 12.1. The van der Waals surface area contributed by atoms with E-state index < -0.39 is 0 Å². The Morgan fingerprint density at radius 3 is 2.71 bits per heavy atom. The average Bonchev–Trinajstić information content (AvgIpc) is 2.20. The monoisotopic (exact) mass is 272 g/mol. The van der Waals surface area contributed by atoms with Crippen molar-refractivity contribution in [3.05, 3.63) is 35.4 Å². The second kappa shape index (κ2) is 6.52. The number of alkyl halides is 1. The Morgan fingerprint density at radius 2 is 2.07 bits per heavy atom. The Morgan fingerprint density at radius 1 is 1.36 bits per heavy atom. The third-order valence-electron chi connectivity index (χ3n) is 2.18. The van der Waals surface area contributed by atoms with Gasteiger partial charge in [0.2, 0.25) is 0 Å². The summed E-state index contributed by atoms with van der Waals surface area (Å²) in [6.45, 7) is 4.46. The molecular weight excluding hydrogens is 256 g/mol. The van der Waals surface area contributed by atoms with Gasteiger partial charge in [-0.1, -0.05) is 47.1 Å². The maximum Gasteiger partial charge on any atom is 0.0187 e. The molecule has 1 aromatic rings. The maximum absolute atomic E-state index is 3.50. The molecular formula is C12H17BrS. The number of halogens is 1. The van der Waals surface area contributed by atoms with Crippen molar-refractivity contribution in [2.24, 2.45) is 5.92 Å². The molecule has 0 aliphatic carbocycles. The van der Waals surface area contributed by atoms with Gasteiger partial charge in [0, 0.05) is 11.1 Å². The largest absolute Gasteiger partial charge is 0.157 e. The lowest BCUT2D eigenvalue weighted by Crippen LogP contribution is -1.99. The molecule has 1 unspecified atom stereocenters. The van der Waals surface area contributed by atoms with Crippen LogP contribution in [0.4, 0.5) is 0 Å². The highest BCUT2D eigenvalue weighted by molar-refractivity contribution is 9.09. The van der Waals surface area contributed by atoms with Crippen LogP contribution >= 0.6 is 27.7 Å². The van der Waals surface area contributed by atoms with E-state index in [0.29, 0.717) is 0 Å². The minimum Gasteiger partial charge on any atom is -0.157 e. The Kier molecular flexibility index (Phi) is 5.64. The predicted molar refractivity (Wildman–Crippen MR) is 70.3 cm³/mol. The molecule has 0 radical (unpaired) electrons. The van der Waals surface area contributed by atoms with Gasteiger partial charge in [-0.15, -0.1) is 0 Å². The smallest absolute Gasteiger partial charge is 0.0187 e. The van der Waals surface area contributed by atoms with Crippen LogP contribution in [0.3, 0.4) is 0 Å². The molecule has 0 aromatic heterocycles. The number of thioether (sulfide) groups is 1. The minimum absolute atomic E-state index is 0.768. The third kappa shape index (κ3) is 4.05. The lowest BCUT2D eigenvalue weighted by molar-refractivity contribution is 0.770. The van der Waals surface area contributed by atoms with Crippen molar-refractivity contribution in [3.63, 3.8) is 0 Å². The molecule has 0 N–H and O–H groups in total. The van der Waals surface area contributed by atoms with E-state index in [9.17, 15) is 0 Å². The van der Waals surface area contributed by atoms with E-state index in [1.54, 1.807) is 0 Å². The van der Waals surface area contributed by atoms with Crippen molar-refractivity contribution in [1.29, 1.82) is 0 Å². The van der Waals surface area contributed by atoms with Crippen molar-refractivity contribution < 1.29 is 0 Å². The molecule has 0 saturated heterocycles. The molecule has 0 saturated carbocycles. The molecule has 14 heavy (non-hydrogen) atoms. The van der Waals surface area contributed by atoms with E-state index in [1.807, 2.05) is 11.8 Å². The molecule has 0 heterocycles. The molecule has 0 bridgehead atoms. The van der Waals surface area contributed by atoms with Crippen LogP contribution in [0.1, 0.15) is 18.1 Å². The van der Waals surface area contributed by atoms with Gasteiger partial charge >= 0.3 is 0 Å². The van der Waals surface area contributed by atoms with Crippen LogP contribution in [0.5, 0.6) is 0 Å². The molecule has 0 nitrogen and oxygen atoms in total. The minimum atomic E-state index is 0.768. The van der Waals surface area contributed by atoms with Crippen LogP contribution in [0.15, 0.2) is 24.3 Å². The zero-order chi connectivity index (χ0) is 10.4. The lowest BCUT2D eigenvalue weighted by Gasteiger charge is -2.08. The highest BCUT2D eigenvalue weighted by Gasteiger charge is 2.01. The van der Waals surface area contributed by atoms with Gasteiger partial charge in [0.1, 0.15) is 0 Å². The fraction of sp³-hybridized carbons (Fsp3) is 0.500. The molecule has 0 aliphatic heterocycles. The van der Waals surface area contributed by atoms with E-state index in [1.165, 1.54) is 16.9 Å². The quantitative estimate of drug-likeness (QED) is 0.722. The van der Waals surface area contributed by atoms with Crippen LogP contribution in [0.25, 0.3) is 0 Å². The normalized spacial score (nSPS) is 12.8. The molecule has 0 spiro atoms. The maximum atomic E-state index is 3.50. The third-order valence-corrected chi connectivity index (χ3v) is 4.61. The van der Waals surface area contributed by atoms with Crippen molar-refractivity contribution in [2.45, 2.75) is 19.6 Å². The number of rotatable bonds is 5. The zero-order valence-corrected chi connectivity index (χ0v) is 11.2. The predicted octanol–water partition coefficient (Wildman–Crippen LogP) is 4.26. The molecule has 2 heteroatoms. The fourth-order valence-electron chi connectivity index (χ4n) is 1.19. The standard InChI is InChI=1S/C12H17BrS/c1-10(7-13)8-14-9-12-6-4-3-5-11(12)2/h3-6,10H,7-9H2,1-2H3. The summed E-state index contributed by atoms with van der Waals surface area (Å²) >= 11 is 5.53. The van der Waals surface area contributed by atoms with Crippen LogP contribution < -0.4 is 0 Å². The lowest BCUT2D eigenvalue weighted by atomic mass is 10.1. The van der Waals surface area contributed by atoms with E-state index in [4.69, 9.17) is 0 Å². The first-order chi connectivity index (χ1) is 6.74. The average molecular weight is 273 g/mol. The van der Waals surface area contributed by atoms with Gasteiger partial charge in [-0.25, -0.2) is 0 Å². The van der Waals surface area contributed by atoms with Gasteiger partial charge in [0.15, 0.2) is 0 Å². The van der Waals surface area contributed by atoms with Crippen molar-refractivity contribution in [3.8, 4) is 0 Å². The molecule has 0 fully saturated rings. The topological polar surface area (TPSA) is 0 Å². The van der Waals surface area contributed by atoms with Gasteiger partial charge in [-0.2, -0.15) is 11.8 Å². The van der Waals surface area contributed by atoms with Gasteiger partial charge in [-0.3, -0.25) is 0 Å². The summed E-state index contributed by atoms with van der Waals surface area (Å²) < 4.78 is 0. The highest BCUT2D eigenvalue weighted by atomic mass is 79.9. The first-order valence-electron chi connectivity index (χ1n) is 4.92. The van der Waals surface area contributed by atoms with Gasteiger partial charge in [0.25, 0.3) is 0 Å². The Labute approximate surface area is 99.6 Å². The summed E-state index contributed by atoms with van der Waals surface area (Å²) in [4.78, 5) is 0. The van der Waals surface area contributed by atoms with Gasteiger partial charge in [0.05, 0.1) is 0 Å². The molecule has 0 aliphatic rings. The van der Waals surface area contributed by atoms with Crippen LogP contribution in [0.2, 0.25) is 0 Å².